The van der Waals surface area contributed by atoms with Crippen molar-refractivity contribution in [3.63, 3.8) is 0 Å². The fourth-order valence-corrected chi connectivity index (χ4v) is 1.43. The predicted octanol–water partition coefficient (Wildman–Crippen LogP) is 4.61. The third-order valence-corrected chi connectivity index (χ3v) is 2.61. The summed E-state index contributed by atoms with van der Waals surface area (Å²) in [6.45, 7) is 0. The Bertz CT molecular complexity index is 767. The number of hydrogen-bond acceptors (Lipinski definition) is 4. The molecule has 1 rings (SSSR count). The maximum atomic E-state index is 13.0. The Morgan fingerprint density at radius 2 is 1.43 bits per heavy atom. The van der Waals surface area contributed by atoms with Gasteiger partial charge < -0.3 is 14.8 Å². The van der Waals surface area contributed by atoms with E-state index < -0.39 is 54.1 Å². The van der Waals surface area contributed by atoms with Crippen LogP contribution < -0.4 is 14.8 Å². The van der Waals surface area contributed by atoms with E-state index in [9.17, 15) is 48.7 Å². The van der Waals surface area contributed by atoms with Crippen molar-refractivity contribution < 1.29 is 58.2 Å². The van der Waals surface area contributed by atoms with Crippen molar-refractivity contribution in [1.82, 2.24) is 0 Å². The zero-order valence-electron chi connectivity index (χ0n) is 12.9. The van der Waals surface area contributed by atoms with Crippen LogP contribution in [0.15, 0.2) is 18.2 Å². The smallest absolute Gasteiger partial charge is 0.426 e. The highest BCUT2D eigenvalue weighted by atomic mass is 19.4. The number of nitriles is 1. The minimum absolute atomic E-state index is 0.0801. The monoisotopic (exact) mass is 428 g/mol. The van der Waals surface area contributed by atoms with Gasteiger partial charge >= 0.3 is 24.6 Å². The van der Waals surface area contributed by atoms with Gasteiger partial charge in [0.1, 0.15) is 12.2 Å². The second-order valence-electron chi connectivity index (χ2n) is 4.77. The topological polar surface area (TPSA) is 71.4 Å². The molecular weight excluding hydrogens is 422 g/mol. The van der Waals surface area contributed by atoms with Crippen LogP contribution in [0.4, 0.5) is 49.6 Å². The highest BCUT2D eigenvalue weighted by Gasteiger charge is 2.62. The van der Waals surface area contributed by atoms with Gasteiger partial charge in [0, 0.05) is 6.07 Å². The van der Waals surface area contributed by atoms with Crippen molar-refractivity contribution in [2.75, 3.05) is 5.32 Å². The molecular formula is C13H6F10N2O3. The number of carbonyl (C=O) groups excluding carboxylic acids is 1. The number of nitrogens with zero attached hydrogens (tertiary/aromatic N) is 1. The van der Waals surface area contributed by atoms with E-state index in [-0.39, 0.29) is 18.2 Å². The van der Waals surface area contributed by atoms with E-state index in [1.807, 2.05) is 0 Å². The van der Waals surface area contributed by atoms with Crippen LogP contribution in [0.1, 0.15) is 6.42 Å². The second-order valence-corrected chi connectivity index (χ2v) is 4.77. The number of nitrogens with one attached hydrogen (secondary N) is 1. The first-order valence-corrected chi connectivity index (χ1v) is 6.58. The molecule has 1 amide bonds. The van der Waals surface area contributed by atoms with Crippen LogP contribution in [0.2, 0.25) is 0 Å². The number of benzene rings is 1. The summed E-state index contributed by atoms with van der Waals surface area (Å²) in [5.74, 6) is -4.13. The molecule has 1 aromatic carbocycles. The van der Waals surface area contributed by atoms with E-state index in [0.29, 0.717) is 0 Å². The van der Waals surface area contributed by atoms with Gasteiger partial charge in [0.25, 0.3) is 0 Å². The fourth-order valence-electron chi connectivity index (χ4n) is 1.43. The molecule has 0 spiro atoms. The van der Waals surface area contributed by atoms with Crippen molar-refractivity contribution in [2.24, 2.45) is 0 Å². The van der Waals surface area contributed by atoms with Gasteiger partial charge in [-0.15, -0.1) is 0 Å². The number of alkyl halides is 10. The summed E-state index contributed by atoms with van der Waals surface area (Å²) in [5, 5.41) is 9.87. The predicted molar refractivity (Wildman–Crippen MR) is 68.6 cm³/mol. The normalized spacial score (nSPS) is 12.9. The minimum Gasteiger partial charge on any atom is -0.426 e. The summed E-state index contributed by atoms with van der Waals surface area (Å²) < 4.78 is 132. The summed E-state index contributed by atoms with van der Waals surface area (Å²) in [6, 6.07) is 1.65. The lowest BCUT2D eigenvalue weighted by atomic mass is 10.2. The highest BCUT2D eigenvalue weighted by Crippen LogP contribution is 2.42. The molecule has 0 saturated heterocycles. The lowest BCUT2D eigenvalue weighted by Gasteiger charge is -2.23. The van der Waals surface area contributed by atoms with Crippen LogP contribution in [0.25, 0.3) is 0 Å². The van der Waals surface area contributed by atoms with Gasteiger partial charge in [-0.05, 0) is 12.1 Å². The van der Waals surface area contributed by atoms with Crippen LogP contribution in [0.5, 0.6) is 11.5 Å². The average molecular weight is 428 g/mol. The first kappa shape index (κ1) is 23.1. The lowest BCUT2D eigenvalue weighted by Crippen LogP contribution is -2.42. The Kier molecular flexibility index (Phi) is 6.28. The molecule has 0 aliphatic carbocycles. The second kappa shape index (κ2) is 7.60. The number of carbonyl (C=O) groups is 1. The van der Waals surface area contributed by atoms with E-state index in [1.54, 1.807) is 5.32 Å². The molecule has 0 aromatic heterocycles. The zero-order chi connectivity index (χ0) is 22.0. The largest absolute Gasteiger partial charge is 0.499 e. The maximum absolute atomic E-state index is 13.0. The van der Waals surface area contributed by atoms with Crippen molar-refractivity contribution in [1.29, 1.82) is 5.26 Å². The summed E-state index contributed by atoms with van der Waals surface area (Å²) in [5.41, 5.74) is -1.18. The molecule has 0 heterocycles. The lowest BCUT2D eigenvalue weighted by molar-refractivity contribution is -0.361. The van der Waals surface area contributed by atoms with Gasteiger partial charge in [-0.1, -0.05) is 0 Å². The van der Waals surface area contributed by atoms with Crippen LogP contribution in [0, 0.1) is 11.3 Å². The third-order valence-electron chi connectivity index (χ3n) is 2.61. The highest BCUT2D eigenvalue weighted by molar-refractivity contribution is 5.93. The first-order valence-electron chi connectivity index (χ1n) is 6.58. The van der Waals surface area contributed by atoms with Crippen molar-refractivity contribution in [3.8, 4) is 17.6 Å². The van der Waals surface area contributed by atoms with Gasteiger partial charge in [0.05, 0.1) is 11.8 Å². The van der Waals surface area contributed by atoms with Crippen molar-refractivity contribution in [3.05, 3.63) is 18.2 Å². The molecule has 0 atom stereocenters. The van der Waals surface area contributed by atoms with Crippen LogP contribution in [-0.4, -0.2) is 30.5 Å². The van der Waals surface area contributed by atoms with E-state index >= 15 is 0 Å². The third kappa shape index (κ3) is 5.54. The van der Waals surface area contributed by atoms with Gasteiger partial charge in [0.2, 0.25) is 5.91 Å². The SMILES string of the molecule is N#CCC(=O)Nc1cc(OC(F)(F)C(F)(F)F)ccc1OC(F)(F)C(F)(F)F. The standard InChI is InChI=1S/C13H6F10N2O3/c14-10(15,16)12(20,21)27-6-1-2-8(28-13(22,23)11(17,18)19)7(5-6)25-9(26)3-4-24/h1-2,5H,3H2,(H,25,26). The molecule has 1 aromatic rings. The molecule has 0 radical (unpaired) electrons. The minimum atomic E-state index is -6.22. The van der Waals surface area contributed by atoms with Crippen molar-refractivity contribution in [2.45, 2.75) is 31.0 Å². The first-order chi connectivity index (χ1) is 12.5. The summed E-state index contributed by atoms with van der Waals surface area (Å²) in [4.78, 5) is 11.3. The Morgan fingerprint density at radius 1 is 0.929 bits per heavy atom. The molecule has 5 nitrogen and oxygen atoms in total. The number of halogens is 10. The van der Waals surface area contributed by atoms with Crippen LogP contribution in [-0.2, 0) is 4.79 Å². The quantitative estimate of drug-likeness (QED) is 0.673. The Morgan fingerprint density at radius 3 is 1.89 bits per heavy atom. The van der Waals surface area contributed by atoms with Crippen molar-refractivity contribution >= 4 is 11.6 Å². The molecule has 0 saturated carbocycles. The number of hydrogen-bond donors (Lipinski definition) is 1. The van der Waals surface area contributed by atoms with Crippen LogP contribution in [0.3, 0.4) is 0 Å². The van der Waals surface area contributed by atoms with Crippen LogP contribution >= 0.6 is 0 Å². The maximum Gasteiger partial charge on any atom is 0.499 e. The Balaban J connectivity index is 3.30. The number of anilines is 1. The Hall–Kier alpha value is -2.92. The summed E-state index contributed by atoms with van der Waals surface area (Å²) in [6.07, 6.45) is -24.9. The molecule has 0 bridgehead atoms. The van der Waals surface area contributed by atoms with Gasteiger partial charge in [-0.25, -0.2) is 0 Å². The molecule has 0 fully saturated rings. The zero-order valence-corrected chi connectivity index (χ0v) is 12.9. The molecule has 0 aliphatic rings. The Labute approximate surface area is 148 Å². The summed E-state index contributed by atoms with van der Waals surface area (Å²) in [7, 11) is 0. The van der Waals surface area contributed by atoms with Gasteiger partial charge in [0.15, 0.2) is 5.75 Å². The fraction of sp³-hybridized carbons (Fsp3) is 0.385. The number of ether oxygens (including phenoxy) is 2. The van der Waals surface area contributed by atoms with Gasteiger partial charge in [-0.2, -0.15) is 49.2 Å². The molecule has 1 N–H and O–H groups in total. The van der Waals surface area contributed by atoms with E-state index in [2.05, 4.69) is 9.47 Å². The molecule has 0 aliphatic heterocycles. The number of rotatable bonds is 6. The van der Waals surface area contributed by atoms with E-state index in [1.165, 1.54) is 6.07 Å². The van der Waals surface area contributed by atoms with Gasteiger partial charge in [-0.3, -0.25) is 4.79 Å². The van der Waals surface area contributed by atoms with E-state index in [4.69, 9.17) is 5.26 Å². The molecule has 156 valence electrons. The van der Waals surface area contributed by atoms with E-state index in [0.717, 1.165) is 0 Å². The molecule has 15 heteroatoms. The molecule has 0 unspecified atom stereocenters. The number of amides is 1. The molecule has 28 heavy (non-hydrogen) atoms. The average Bonchev–Trinajstić information content (AvgIpc) is 2.47. The summed E-state index contributed by atoms with van der Waals surface area (Å²) >= 11 is 0.